The van der Waals surface area contributed by atoms with Crippen LogP contribution in [0.25, 0.3) is 0 Å². The Morgan fingerprint density at radius 3 is 2.76 bits per heavy atom. The molecule has 0 N–H and O–H groups in total. The number of carbonyl (C=O) groups is 1. The molecule has 25 heavy (non-hydrogen) atoms. The van der Waals surface area contributed by atoms with Crippen molar-refractivity contribution in [3.8, 4) is 0 Å². The zero-order chi connectivity index (χ0) is 17.2. The fourth-order valence-corrected chi connectivity index (χ4v) is 3.94. The standard InChI is InChI=1S/C19H25N5O/c1-22-13-9-17(21-22)19(25)24-12-5-8-18(24)16-7-4-6-15(20-16)14-23-10-2-3-11-23/h4,6-7,9,13,18H,2-3,5,8,10-12,14H2,1H3/t18-/m0/s1. The summed E-state index contributed by atoms with van der Waals surface area (Å²) in [6, 6.07) is 8.09. The van der Waals surface area contributed by atoms with Crippen molar-refractivity contribution in [1.29, 1.82) is 0 Å². The second-order valence-electron chi connectivity index (χ2n) is 7.07. The lowest BCUT2D eigenvalue weighted by molar-refractivity contribution is 0.0726. The number of hydrogen-bond acceptors (Lipinski definition) is 4. The fourth-order valence-electron chi connectivity index (χ4n) is 3.94. The van der Waals surface area contributed by atoms with Crippen LogP contribution in [-0.2, 0) is 13.6 Å². The van der Waals surface area contributed by atoms with Gasteiger partial charge in [-0.1, -0.05) is 6.07 Å². The van der Waals surface area contributed by atoms with Crippen LogP contribution in [0.15, 0.2) is 30.5 Å². The first-order chi connectivity index (χ1) is 12.2. The van der Waals surface area contributed by atoms with Gasteiger partial charge in [0, 0.05) is 26.3 Å². The Labute approximate surface area is 148 Å². The van der Waals surface area contributed by atoms with Gasteiger partial charge in [0.2, 0.25) is 0 Å². The molecule has 0 radical (unpaired) electrons. The SMILES string of the molecule is Cn1ccc(C(=O)N2CCC[C@H]2c2cccc(CN3CCCC3)n2)n1. The van der Waals surface area contributed by atoms with Crippen LogP contribution in [0.1, 0.15) is 53.6 Å². The molecule has 2 saturated heterocycles. The van der Waals surface area contributed by atoms with Gasteiger partial charge in [-0.15, -0.1) is 0 Å². The lowest BCUT2D eigenvalue weighted by Crippen LogP contribution is -2.31. The minimum absolute atomic E-state index is 0.00912. The zero-order valence-corrected chi connectivity index (χ0v) is 14.8. The Bertz CT molecular complexity index is 750. The highest BCUT2D eigenvalue weighted by Crippen LogP contribution is 2.32. The van der Waals surface area contributed by atoms with E-state index in [1.54, 1.807) is 10.7 Å². The minimum atomic E-state index is 0.00912. The number of carbonyl (C=O) groups excluding carboxylic acids is 1. The van der Waals surface area contributed by atoms with Gasteiger partial charge < -0.3 is 4.90 Å². The number of aryl methyl sites for hydroxylation is 1. The summed E-state index contributed by atoms with van der Waals surface area (Å²) in [6.45, 7) is 4.02. The van der Waals surface area contributed by atoms with Crippen molar-refractivity contribution < 1.29 is 4.79 Å². The molecule has 0 aliphatic carbocycles. The Hall–Kier alpha value is -2.21. The van der Waals surface area contributed by atoms with Crippen LogP contribution in [0.4, 0.5) is 0 Å². The molecule has 1 atom stereocenters. The molecule has 1 amide bonds. The molecule has 0 aromatic carbocycles. The van der Waals surface area contributed by atoms with Gasteiger partial charge >= 0.3 is 0 Å². The van der Waals surface area contributed by atoms with E-state index in [1.165, 1.54) is 25.9 Å². The van der Waals surface area contributed by atoms with Crippen molar-refractivity contribution in [2.75, 3.05) is 19.6 Å². The predicted octanol–water partition coefficient (Wildman–Crippen LogP) is 2.39. The molecule has 4 heterocycles. The van der Waals surface area contributed by atoms with Crippen molar-refractivity contribution in [2.45, 2.75) is 38.3 Å². The Kier molecular flexibility index (Phi) is 4.53. The molecule has 2 aromatic rings. The topological polar surface area (TPSA) is 54.3 Å². The van der Waals surface area contributed by atoms with E-state index in [9.17, 15) is 4.79 Å². The lowest BCUT2D eigenvalue weighted by atomic mass is 10.1. The van der Waals surface area contributed by atoms with E-state index >= 15 is 0 Å². The van der Waals surface area contributed by atoms with Crippen LogP contribution in [0.2, 0.25) is 0 Å². The van der Waals surface area contributed by atoms with Crippen LogP contribution >= 0.6 is 0 Å². The number of aromatic nitrogens is 3. The predicted molar refractivity (Wildman–Crippen MR) is 95.0 cm³/mol. The molecule has 6 heteroatoms. The van der Waals surface area contributed by atoms with Gasteiger partial charge in [0.1, 0.15) is 5.69 Å². The van der Waals surface area contributed by atoms with Crippen LogP contribution in [0.3, 0.4) is 0 Å². The van der Waals surface area contributed by atoms with E-state index in [0.29, 0.717) is 5.69 Å². The van der Waals surface area contributed by atoms with Gasteiger partial charge in [-0.25, -0.2) is 0 Å². The fraction of sp³-hybridized carbons (Fsp3) is 0.526. The van der Waals surface area contributed by atoms with E-state index < -0.39 is 0 Å². The summed E-state index contributed by atoms with van der Waals surface area (Å²) in [4.78, 5) is 22.1. The smallest absolute Gasteiger partial charge is 0.274 e. The van der Waals surface area contributed by atoms with Crippen LogP contribution in [0.5, 0.6) is 0 Å². The Morgan fingerprint density at radius 1 is 1.16 bits per heavy atom. The molecule has 0 spiro atoms. The molecule has 2 fully saturated rings. The Balaban J connectivity index is 1.52. The van der Waals surface area contributed by atoms with Crippen LogP contribution < -0.4 is 0 Å². The third-order valence-corrected chi connectivity index (χ3v) is 5.20. The van der Waals surface area contributed by atoms with Crippen LogP contribution in [-0.4, -0.2) is 50.1 Å². The lowest BCUT2D eigenvalue weighted by Gasteiger charge is -2.24. The molecule has 0 bridgehead atoms. The second kappa shape index (κ2) is 6.96. The van der Waals surface area contributed by atoms with E-state index in [2.05, 4.69) is 28.2 Å². The van der Waals surface area contributed by atoms with Crippen molar-refractivity contribution in [1.82, 2.24) is 24.6 Å². The highest BCUT2D eigenvalue weighted by molar-refractivity contribution is 5.92. The largest absolute Gasteiger partial charge is 0.329 e. The van der Waals surface area contributed by atoms with E-state index in [1.807, 2.05) is 18.1 Å². The van der Waals surface area contributed by atoms with Gasteiger partial charge in [0.15, 0.2) is 0 Å². The summed E-state index contributed by atoms with van der Waals surface area (Å²) in [5.74, 6) is 0.00912. The summed E-state index contributed by atoms with van der Waals surface area (Å²) in [5, 5.41) is 4.27. The van der Waals surface area contributed by atoms with Crippen molar-refractivity contribution in [3.63, 3.8) is 0 Å². The molecular weight excluding hydrogens is 314 g/mol. The maximum absolute atomic E-state index is 12.8. The second-order valence-corrected chi connectivity index (χ2v) is 7.07. The third kappa shape index (κ3) is 3.44. The number of likely N-dealkylation sites (tertiary alicyclic amines) is 2. The quantitative estimate of drug-likeness (QED) is 0.858. The van der Waals surface area contributed by atoms with E-state index in [0.717, 1.165) is 37.3 Å². The highest BCUT2D eigenvalue weighted by atomic mass is 16.2. The number of pyridine rings is 1. The van der Waals surface area contributed by atoms with Crippen molar-refractivity contribution in [2.24, 2.45) is 7.05 Å². The first kappa shape index (κ1) is 16.3. The number of rotatable bonds is 4. The van der Waals surface area contributed by atoms with Gasteiger partial charge in [0.05, 0.1) is 17.4 Å². The van der Waals surface area contributed by atoms with Gasteiger partial charge in [-0.3, -0.25) is 19.4 Å². The normalized spacial score (nSPS) is 21.2. The number of amides is 1. The molecular formula is C19H25N5O. The van der Waals surface area contributed by atoms with Crippen molar-refractivity contribution in [3.05, 3.63) is 47.5 Å². The summed E-state index contributed by atoms with van der Waals surface area (Å²) in [7, 11) is 1.83. The molecule has 2 aliphatic rings. The first-order valence-electron chi connectivity index (χ1n) is 9.19. The summed E-state index contributed by atoms with van der Waals surface area (Å²) < 4.78 is 1.67. The first-order valence-corrected chi connectivity index (χ1v) is 9.19. The highest BCUT2D eigenvalue weighted by Gasteiger charge is 2.32. The van der Waals surface area contributed by atoms with Crippen molar-refractivity contribution >= 4 is 5.91 Å². The number of nitrogens with zero attached hydrogens (tertiary/aromatic N) is 5. The molecule has 2 aromatic heterocycles. The summed E-state index contributed by atoms with van der Waals surface area (Å²) in [5.41, 5.74) is 2.64. The molecule has 0 saturated carbocycles. The van der Waals surface area contributed by atoms with E-state index in [4.69, 9.17) is 4.98 Å². The molecule has 6 nitrogen and oxygen atoms in total. The maximum Gasteiger partial charge on any atom is 0.274 e. The zero-order valence-electron chi connectivity index (χ0n) is 14.8. The molecule has 2 aliphatic heterocycles. The van der Waals surface area contributed by atoms with Gasteiger partial charge in [-0.05, 0) is 57.0 Å². The Morgan fingerprint density at radius 2 is 2.00 bits per heavy atom. The maximum atomic E-state index is 12.8. The van der Waals surface area contributed by atoms with Crippen LogP contribution in [0, 0.1) is 0 Å². The third-order valence-electron chi connectivity index (χ3n) is 5.20. The van der Waals surface area contributed by atoms with E-state index in [-0.39, 0.29) is 11.9 Å². The molecule has 0 unspecified atom stereocenters. The average molecular weight is 339 g/mol. The number of hydrogen-bond donors (Lipinski definition) is 0. The molecule has 4 rings (SSSR count). The monoisotopic (exact) mass is 339 g/mol. The summed E-state index contributed by atoms with van der Waals surface area (Å²) in [6.07, 6.45) is 6.37. The van der Waals surface area contributed by atoms with Gasteiger partial charge in [0.25, 0.3) is 5.91 Å². The molecule has 132 valence electrons. The summed E-state index contributed by atoms with van der Waals surface area (Å²) >= 11 is 0. The van der Waals surface area contributed by atoms with Gasteiger partial charge in [-0.2, -0.15) is 5.10 Å². The average Bonchev–Trinajstić information content (AvgIpc) is 3.36. The minimum Gasteiger partial charge on any atom is -0.329 e.